The van der Waals surface area contributed by atoms with Gasteiger partial charge in [-0.05, 0) is 29.8 Å². The number of methoxy groups -OCH3 is 1. The number of urea groups is 1. The molecule has 2 amide bonds. The average molecular weight is 393 g/mol. The first-order valence-electron chi connectivity index (χ1n) is 8.21. The first kappa shape index (κ1) is 20.4. The summed E-state index contributed by atoms with van der Waals surface area (Å²) in [4.78, 5) is 11.9. The zero-order valence-electron chi connectivity index (χ0n) is 15.2. The predicted octanol–water partition coefficient (Wildman–Crippen LogP) is 1.94. The summed E-state index contributed by atoms with van der Waals surface area (Å²) in [6.07, 6.45) is 1.08. The Bertz CT molecular complexity index is 871. The van der Waals surface area contributed by atoms with Crippen molar-refractivity contribution >= 4 is 21.7 Å². The number of hydrogen-bond donors (Lipinski definition) is 3. The molecule has 2 aromatic rings. The number of ether oxygens (including phenoxy) is 2. The maximum absolute atomic E-state index is 11.9. The lowest BCUT2D eigenvalue weighted by Gasteiger charge is -2.12. The van der Waals surface area contributed by atoms with Gasteiger partial charge in [-0.25, -0.2) is 13.2 Å². The molecule has 9 heteroatoms. The maximum Gasteiger partial charge on any atom is 0.315 e. The summed E-state index contributed by atoms with van der Waals surface area (Å²) in [5.74, 6) is 1.24. The fourth-order valence-corrected chi connectivity index (χ4v) is 2.82. The first-order valence-corrected chi connectivity index (χ1v) is 10.1. The third-order valence-electron chi connectivity index (χ3n) is 3.40. The molecule has 0 unspecified atom stereocenters. The Hall–Kier alpha value is -2.94. The standard InChI is InChI=1S/C18H23N3O5S/c1-25-16-8-3-4-9-17(16)26-11-10-19-18(22)20-13-14-6-5-7-15(12-14)21-27(2,23)24/h3-9,12,21H,10-11,13H2,1-2H3,(H2,19,20,22). The predicted molar refractivity (Wildman–Crippen MR) is 104 cm³/mol. The van der Waals surface area contributed by atoms with Gasteiger partial charge in [-0.3, -0.25) is 4.72 Å². The monoisotopic (exact) mass is 393 g/mol. The Morgan fingerprint density at radius 1 is 1.04 bits per heavy atom. The fourth-order valence-electron chi connectivity index (χ4n) is 2.27. The number of carbonyl (C=O) groups excluding carboxylic acids is 1. The van der Waals surface area contributed by atoms with Gasteiger partial charge >= 0.3 is 6.03 Å². The van der Waals surface area contributed by atoms with Crippen molar-refractivity contribution in [3.05, 3.63) is 54.1 Å². The van der Waals surface area contributed by atoms with E-state index < -0.39 is 10.0 Å². The van der Waals surface area contributed by atoms with Gasteiger partial charge in [0.05, 0.1) is 19.9 Å². The van der Waals surface area contributed by atoms with E-state index in [2.05, 4.69) is 15.4 Å². The van der Waals surface area contributed by atoms with Crippen molar-refractivity contribution in [1.82, 2.24) is 10.6 Å². The highest BCUT2D eigenvalue weighted by molar-refractivity contribution is 7.92. The molecule has 2 aromatic carbocycles. The van der Waals surface area contributed by atoms with Crippen LogP contribution in [0.3, 0.4) is 0 Å². The molecular formula is C18H23N3O5S. The summed E-state index contributed by atoms with van der Waals surface area (Å²) in [5, 5.41) is 5.39. The van der Waals surface area contributed by atoms with Crippen LogP contribution in [-0.4, -0.2) is 41.0 Å². The third-order valence-corrected chi connectivity index (χ3v) is 4.00. The number of para-hydroxylation sites is 2. The SMILES string of the molecule is COc1ccccc1OCCNC(=O)NCc1cccc(NS(C)(=O)=O)c1. The molecule has 2 rings (SSSR count). The van der Waals surface area contributed by atoms with Gasteiger partial charge in [0.1, 0.15) is 6.61 Å². The Kier molecular flexibility index (Phi) is 7.30. The number of carbonyl (C=O) groups is 1. The van der Waals surface area contributed by atoms with Gasteiger partial charge in [-0.1, -0.05) is 24.3 Å². The van der Waals surface area contributed by atoms with Gasteiger partial charge in [-0.15, -0.1) is 0 Å². The minimum atomic E-state index is -3.34. The summed E-state index contributed by atoms with van der Waals surface area (Å²) in [7, 11) is -1.78. The zero-order valence-corrected chi connectivity index (χ0v) is 16.0. The molecule has 0 aliphatic heterocycles. The largest absolute Gasteiger partial charge is 0.493 e. The molecule has 0 aliphatic rings. The zero-order chi connectivity index (χ0) is 19.7. The van der Waals surface area contributed by atoms with Crippen LogP contribution >= 0.6 is 0 Å². The van der Waals surface area contributed by atoms with Crippen LogP contribution < -0.4 is 24.8 Å². The molecule has 27 heavy (non-hydrogen) atoms. The Morgan fingerprint density at radius 2 is 1.78 bits per heavy atom. The lowest BCUT2D eigenvalue weighted by Crippen LogP contribution is -2.37. The molecular weight excluding hydrogens is 370 g/mol. The third kappa shape index (κ3) is 7.45. The summed E-state index contributed by atoms with van der Waals surface area (Å²) >= 11 is 0. The van der Waals surface area contributed by atoms with Crippen molar-refractivity contribution in [2.24, 2.45) is 0 Å². The Morgan fingerprint density at radius 3 is 2.48 bits per heavy atom. The van der Waals surface area contributed by atoms with Crippen LogP contribution in [0, 0.1) is 0 Å². The summed E-state index contributed by atoms with van der Waals surface area (Å²) in [5.41, 5.74) is 1.21. The number of rotatable bonds is 9. The van der Waals surface area contributed by atoms with E-state index in [-0.39, 0.29) is 12.6 Å². The van der Waals surface area contributed by atoms with Gasteiger partial charge in [0.2, 0.25) is 10.0 Å². The summed E-state index contributed by atoms with van der Waals surface area (Å²) < 4.78 is 35.7. The molecule has 146 valence electrons. The minimum absolute atomic E-state index is 0.262. The van der Waals surface area contributed by atoms with E-state index in [1.165, 1.54) is 0 Å². The van der Waals surface area contributed by atoms with E-state index >= 15 is 0 Å². The molecule has 0 atom stereocenters. The molecule has 0 heterocycles. The van der Waals surface area contributed by atoms with Crippen molar-refractivity contribution in [2.75, 3.05) is 31.2 Å². The molecule has 0 spiro atoms. The van der Waals surface area contributed by atoms with E-state index in [0.29, 0.717) is 30.3 Å². The van der Waals surface area contributed by atoms with E-state index in [1.807, 2.05) is 12.1 Å². The van der Waals surface area contributed by atoms with Crippen molar-refractivity contribution in [1.29, 1.82) is 0 Å². The lowest BCUT2D eigenvalue weighted by molar-refractivity contribution is 0.235. The summed E-state index contributed by atoms with van der Waals surface area (Å²) in [6, 6.07) is 13.7. The molecule has 0 radical (unpaired) electrons. The Labute approximate surface area is 158 Å². The second-order valence-electron chi connectivity index (χ2n) is 5.68. The smallest absolute Gasteiger partial charge is 0.315 e. The highest BCUT2D eigenvalue weighted by atomic mass is 32.2. The Balaban J connectivity index is 1.73. The van der Waals surface area contributed by atoms with Crippen LogP contribution in [0.5, 0.6) is 11.5 Å². The number of amides is 2. The van der Waals surface area contributed by atoms with Crippen LogP contribution in [0.15, 0.2) is 48.5 Å². The minimum Gasteiger partial charge on any atom is -0.493 e. The van der Waals surface area contributed by atoms with Crippen molar-refractivity contribution < 1.29 is 22.7 Å². The van der Waals surface area contributed by atoms with Crippen molar-refractivity contribution in [3.8, 4) is 11.5 Å². The average Bonchev–Trinajstić information content (AvgIpc) is 2.63. The number of hydrogen-bond acceptors (Lipinski definition) is 5. The maximum atomic E-state index is 11.9. The molecule has 0 aliphatic carbocycles. The molecule has 0 aromatic heterocycles. The van der Waals surface area contributed by atoms with E-state index in [1.54, 1.807) is 43.5 Å². The molecule has 0 saturated heterocycles. The fraction of sp³-hybridized carbons (Fsp3) is 0.278. The molecule has 8 nitrogen and oxygen atoms in total. The van der Waals surface area contributed by atoms with Crippen LogP contribution in [0.4, 0.5) is 10.5 Å². The number of nitrogens with one attached hydrogen (secondary N) is 3. The van der Waals surface area contributed by atoms with Gasteiger partial charge < -0.3 is 20.1 Å². The van der Waals surface area contributed by atoms with Crippen molar-refractivity contribution in [3.63, 3.8) is 0 Å². The van der Waals surface area contributed by atoms with E-state index in [9.17, 15) is 13.2 Å². The second kappa shape index (κ2) is 9.67. The van der Waals surface area contributed by atoms with E-state index in [4.69, 9.17) is 9.47 Å². The quantitative estimate of drug-likeness (QED) is 0.565. The topological polar surface area (TPSA) is 106 Å². The number of benzene rings is 2. The van der Waals surface area contributed by atoms with Crippen LogP contribution in [0.2, 0.25) is 0 Å². The van der Waals surface area contributed by atoms with Crippen LogP contribution in [-0.2, 0) is 16.6 Å². The number of sulfonamides is 1. The van der Waals surface area contributed by atoms with Gasteiger partial charge in [-0.2, -0.15) is 0 Å². The normalized spacial score (nSPS) is 10.7. The molecule has 0 saturated carbocycles. The van der Waals surface area contributed by atoms with E-state index in [0.717, 1.165) is 11.8 Å². The molecule has 0 bridgehead atoms. The second-order valence-corrected chi connectivity index (χ2v) is 7.43. The highest BCUT2D eigenvalue weighted by Gasteiger charge is 2.05. The van der Waals surface area contributed by atoms with Crippen LogP contribution in [0.1, 0.15) is 5.56 Å². The first-order chi connectivity index (χ1) is 12.9. The highest BCUT2D eigenvalue weighted by Crippen LogP contribution is 2.25. The van der Waals surface area contributed by atoms with Crippen molar-refractivity contribution in [2.45, 2.75) is 6.54 Å². The van der Waals surface area contributed by atoms with Gasteiger partial charge in [0, 0.05) is 12.2 Å². The van der Waals surface area contributed by atoms with Crippen LogP contribution in [0.25, 0.3) is 0 Å². The molecule has 3 N–H and O–H groups in total. The van der Waals surface area contributed by atoms with Gasteiger partial charge in [0.15, 0.2) is 11.5 Å². The molecule has 0 fully saturated rings. The van der Waals surface area contributed by atoms with Gasteiger partial charge in [0.25, 0.3) is 0 Å². The summed E-state index contributed by atoms with van der Waals surface area (Å²) in [6.45, 7) is 0.875. The number of anilines is 1. The lowest BCUT2D eigenvalue weighted by atomic mass is 10.2.